The summed E-state index contributed by atoms with van der Waals surface area (Å²) in [6, 6.07) is -0.652. The van der Waals surface area contributed by atoms with Crippen molar-refractivity contribution in [1.82, 2.24) is 24.4 Å². The molecule has 35 heavy (non-hydrogen) atoms. The number of methoxy groups -OCH3 is 1. The maximum absolute atomic E-state index is 13.1. The van der Waals surface area contributed by atoms with Crippen LogP contribution in [0.15, 0.2) is 4.79 Å². The largest absolute Gasteiger partial charge is 0.490 e. The van der Waals surface area contributed by atoms with E-state index in [1.165, 1.54) is 11.7 Å². The Bertz CT molecular complexity index is 1190. The van der Waals surface area contributed by atoms with Crippen molar-refractivity contribution < 1.29 is 32.6 Å². The van der Waals surface area contributed by atoms with Crippen molar-refractivity contribution in [3.8, 4) is 11.8 Å². The number of imidazole rings is 1. The number of carboxylic acid groups (broad SMARTS) is 1. The van der Waals surface area contributed by atoms with E-state index in [-0.39, 0.29) is 11.5 Å². The van der Waals surface area contributed by atoms with Crippen molar-refractivity contribution in [2.24, 2.45) is 7.05 Å². The number of alkyl halides is 3. The normalized spacial score (nSPS) is 14.3. The zero-order valence-corrected chi connectivity index (χ0v) is 19.6. The summed E-state index contributed by atoms with van der Waals surface area (Å²) in [6.07, 6.45) is -5.08. The van der Waals surface area contributed by atoms with Gasteiger partial charge in [-0.3, -0.25) is 13.9 Å². The Morgan fingerprint density at radius 3 is 2.40 bits per heavy atom. The van der Waals surface area contributed by atoms with E-state index < -0.39 is 24.2 Å². The van der Waals surface area contributed by atoms with E-state index >= 15 is 0 Å². The SMILES string of the molecule is CC#CCn1c(N2CCNCC2)nc2nc(NC(C)C(=O)OC)n(C)c(=O)c21.O=C(O)C(F)(F)F. The Hall–Kier alpha value is -3.80. The minimum absolute atomic E-state index is 0.253. The number of fused-ring (bicyclic) bond motifs is 1. The molecule has 192 valence electrons. The number of halogens is 3. The monoisotopic (exact) mass is 501 g/mol. The topological polar surface area (TPSA) is 144 Å². The van der Waals surface area contributed by atoms with Crippen LogP contribution in [0.4, 0.5) is 25.1 Å². The van der Waals surface area contributed by atoms with Crippen molar-refractivity contribution in [3.05, 3.63) is 10.4 Å². The van der Waals surface area contributed by atoms with Crippen LogP contribution >= 0.6 is 0 Å². The minimum atomic E-state index is -5.08. The number of esters is 1. The molecule has 0 aromatic carbocycles. The Labute approximate surface area is 198 Å². The van der Waals surface area contributed by atoms with E-state index in [4.69, 9.17) is 14.6 Å². The van der Waals surface area contributed by atoms with Crippen LogP contribution in [-0.4, -0.2) is 81.7 Å². The van der Waals surface area contributed by atoms with Gasteiger partial charge in [-0.05, 0) is 13.8 Å². The molecule has 1 aliphatic heterocycles. The Morgan fingerprint density at radius 2 is 1.89 bits per heavy atom. The molecular weight excluding hydrogens is 475 g/mol. The number of carbonyl (C=O) groups excluding carboxylic acids is 1. The molecule has 15 heteroatoms. The van der Waals surface area contributed by atoms with Gasteiger partial charge in [0.05, 0.1) is 13.7 Å². The van der Waals surface area contributed by atoms with Gasteiger partial charge in [-0.15, -0.1) is 5.92 Å². The molecule has 2 aromatic heterocycles. The number of hydrogen-bond donors (Lipinski definition) is 3. The number of nitrogens with zero attached hydrogens (tertiary/aromatic N) is 5. The average molecular weight is 501 g/mol. The van der Waals surface area contributed by atoms with Crippen LogP contribution in [-0.2, 0) is 27.9 Å². The van der Waals surface area contributed by atoms with Crippen LogP contribution in [0.1, 0.15) is 13.8 Å². The number of hydrogen-bond acceptors (Lipinski definition) is 9. The molecule has 0 aliphatic carbocycles. The second-order valence-electron chi connectivity index (χ2n) is 7.33. The van der Waals surface area contributed by atoms with Crippen LogP contribution in [0.5, 0.6) is 0 Å². The average Bonchev–Trinajstić information content (AvgIpc) is 3.18. The van der Waals surface area contributed by atoms with Crippen molar-refractivity contribution in [3.63, 3.8) is 0 Å². The number of anilines is 2. The molecule has 0 radical (unpaired) electrons. The molecule has 0 spiro atoms. The number of carbonyl (C=O) groups is 2. The third kappa shape index (κ3) is 6.63. The summed E-state index contributed by atoms with van der Waals surface area (Å²) in [5, 5.41) is 13.4. The lowest BCUT2D eigenvalue weighted by Crippen LogP contribution is -2.44. The van der Waals surface area contributed by atoms with Crippen molar-refractivity contribution in [2.45, 2.75) is 32.6 Å². The van der Waals surface area contributed by atoms with E-state index in [1.807, 2.05) is 4.57 Å². The molecule has 1 saturated heterocycles. The number of rotatable bonds is 5. The quantitative estimate of drug-likeness (QED) is 0.383. The third-order valence-electron chi connectivity index (χ3n) is 4.92. The number of aliphatic carboxylic acids is 1. The Morgan fingerprint density at radius 1 is 1.29 bits per heavy atom. The fourth-order valence-corrected chi connectivity index (χ4v) is 3.12. The lowest BCUT2D eigenvalue weighted by molar-refractivity contribution is -0.192. The molecule has 0 amide bonds. The fraction of sp³-hybridized carbons (Fsp3) is 0.550. The molecule has 12 nitrogen and oxygen atoms in total. The first kappa shape index (κ1) is 27.4. The molecule has 3 heterocycles. The van der Waals surface area contributed by atoms with Gasteiger partial charge >= 0.3 is 18.1 Å². The summed E-state index contributed by atoms with van der Waals surface area (Å²) in [7, 11) is 2.92. The zero-order chi connectivity index (χ0) is 26.3. The van der Waals surface area contributed by atoms with E-state index in [2.05, 4.69) is 37.3 Å². The number of aromatic nitrogens is 4. The van der Waals surface area contributed by atoms with Gasteiger partial charge in [-0.2, -0.15) is 23.1 Å². The maximum Gasteiger partial charge on any atom is 0.490 e. The van der Waals surface area contributed by atoms with E-state index in [0.29, 0.717) is 23.7 Å². The van der Waals surface area contributed by atoms with Gasteiger partial charge in [0.25, 0.3) is 5.56 Å². The number of piperazine rings is 1. The van der Waals surface area contributed by atoms with Crippen LogP contribution in [0.3, 0.4) is 0 Å². The van der Waals surface area contributed by atoms with Gasteiger partial charge in [-0.1, -0.05) is 5.92 Å². The van der Waals surface area contributed by atoms with E-state index in [1.54, 1.807) is 20.9 Å². The molecular formula is C20H26F3N7O5. The van der Waals surface area contributed by atoms with Gasteiger partial charge in [0.2, 0.25) is 11.9 Å². The molecule has 0 bridgehead atoms. The minimum Gasteiger partial charge on any atom is -0.475 e. The summed E-state index contributed by atoms with van der Waals surface area (Å²) in [6.45, 7) is 7.02. The van der Waals surface area contributed by atoms with Crippen molar-refractivity contribution >= 4 is 35.0 Å². The van der Waals surface area contributed by atoms with Crippen LogP contribution in [0.2, 0.25) is 0 Å². The first-order chi connectivity index (χ1) is 16.4. The van der Waals surface area contributed by atoms with E-state index in [0.717, 1.165) is 26.2 Å². The fourth-order valence-electron chi connectivity index (χ4n) is 3.12. The summed E-state index contributed by atoms with van der Waals surface area (Å²) < 4.78 is 39.7. The predicted molar refractivity (Wildman–Crippen MR) is 120 cm³/mol. The summed E-state index contributed by atoms with van der Waals surface area (Å²) in [4.78, 5) is 44.9. The predicted octanol–water partition coefficient (Wildman–Crippen LogP) is 0.170. The van der Waals surface area contributed by atoms with E-state index in [9.17, 15) is 22.8 Å². The molecule has 1 aliphatic rings. The molecule has 1 unspecified atom stereocenters. The molecule has 2 aromatic rings. The number of ether oxygens (including phenoxy) is 1. The summed E-state index contributed by atoms with van der Waals surface area (Å²) in [5.74, 6) is 3.62. The Kier molecular flexibility index (Phi) is 9.06. The second kappa shape index (κ2) is 11.6. The standard InChI is InChI=1S/C18H25N7O3.C2HF3O2/c1-5-6-9-25-13-14(22-18(25)24-10-7-19-8-11-24)21-17(23(3)15(13)26)20-12(2)16(27)28-4;3-2(4,5)1(6)7/h12,19H,7-11H2,1-4H3,(H,20,21);(H,6,7). The second-order valence-corrected chi connectivity index (χ2v) is 7.33. The molecule has 3 N–H and O–H groups in total. The van der Waals surface area contributed by atoms with Gasteiger partial charge in [0.15, 0.2) is 11.2 Å². The molecule has 0 saturated carbocycles. The lowest BCUT2D eigenvalue weighted by atomic mass is 10.3. The zero-order valence-electron chi connectivity index (χ0n) is 19.6. The van der Waals surface area contributed by atoms with Gasteiger partial charge in [0, 0.05) is 33.2 Å². The third-order valence-corrected chi connectivity index (χ3v) is 4.92. The maximum atomic E-state index is 13.1. The Balaban J connectivity index is 0.000000540. The molecule has 1 fully saturated rings. The van der Waals surface area contributed by atoms with Crippen LogP contribution < -0.4 is 21.1 Å². The smallest absolute Gasteiger partial charge is 0.475 e. The highest BCUT2D eigenvalue weighted by molar-refractivity contribution is 5.79. The highest BCUT2D eigenvalue weighted by Crippen LogP contribution is 2.21. The summed E-state index contributed by atoms with van der Waals surface area (Å²) >= 11 is 0. The van der Waals surface area contributed by atoms with Crippen LogP contribution in [0, 0.1) is 11.8 Å². The van der Waals surface area contributed by atoms with Crippen molar-refractivity contribution in [2.75, 3.05) is 43.5 Å². The van der Waals surface area contributed by atoms with Gasteiger partial charge < -0.3 is 25.4 Å². The summed E-state index contributed by atoms with van der Waals surface area (Å²) in [5.41, 5.74) is 0.473. The number of nitrogens with one attached hydrogen (secondary N) is 2. The lowest BCUT2D eigenvalue weighted by Gasteiger charge is -2.28. The van der Waals surface area contributed by atoms with Gasteiger partial charge in [-0.25, -0.2) is 9.59 Å². The molecule has 3 rings (SSSR count). The van der Waals surface area contributed by atoms with Crippen molar-refractivity contribution in [1.29, 1.82) is 0 Å². The van der Waals surface area contributed by atoms with Gasteiger partial charge in [0.1, 0.15) is 6.04 Å². The highest BCUT2D eigenvalue weighted by Gasteiger charge is 2.38. The first-order valence-corrected chi connectivity index (χ1v) is 10.4. The van der Waals surface area contributed by atoms with Crippen LogP contribution in [0.25, 0.3) is 11.2 Å². The first-order valence-electron chi connectivity index (χ1n) is 10.4. The number of carboxylic acids is 1. The highest BCUT2D eigenvalue weighted by atomic mass is 19.4. The molecule has 1 atom stereocenters.